The van der Waals surface area contributed by atoms with Crippen LogP contribution in [0.5, 0.6) is 0 Å². The van der Waals surface area contributed by atoms with Gasteiger partial charge in [0.05, 0.1) is 5.75 Å². The number of benzene rings is 2. The second kappa shape index (κ2) is 12.0. The molecule has 0 aromatic heterocycles. The van der Waals surface area contributed by atoms with E-state index in [0.717, 1.165) is 16.7 Å². The molecule has 2 amide bonds. The lowest BCUT2D eigenvalue weighted by Crippen LogP contribution is -2.53. The number of nitrogens with zero attached hydrogens (tertiary/aromatic N) is 1. The molecule has 0 bridgehead atoms. The first kappa shape index (κ1) is 26.6. The molecule has 0 saturated heterocycles. The maximum atomic E-state index is 13.3. The van der Waals surface area contributed by atoms with Crippen LogP contribution in [0.1, 0.15) is 50.8 Å². The van der Waals surface area contributed by atoms with E-state index in [-0.39, 0.29) is 23.1 Å². The third-order valence-electron chi connectivity index (χ3n) is 5.02. The summed E-state index contributed by atoms with van der Waals surface area (Å²) in [6.45, 7) is 10.1. The molecule has 0 fully saturated rings. The lowest BCUT2D eigenvalue weighted by Gasteiger charge is -2.33. The first-order valence-corrected chi connectivity index (χ1v) is 12.6. The standard InChI is InChI=1S/C25H32Cl2N2O2S/c1-6-22(24(31)28-25(3,4)5)29(14-18-11-8-7-10-17(18)2)23(30)16-32-15-19-20(26)12-9-13-21(19)27/h7-13,22H,6,14-16H2,1-5H3,(H,28,31)/t22-/m1/s1. The number of nitrogens with one attached hydrogen (secondary N) is 1. The fourth-order valence-corrected chi connectivity index (χ4v) is 4.98. The summed E-state index contributed by atoms with van der Waals surface area (Å²) in [5.41, 5.74) is 2.56. The van der Waals surface area contributed by atoms with Crippen molar-refractivity contribution in [3.63, 3.8) is 0 Å². The van der Waals surface area contributed by atoms with Crippen molar-refractivity contribution < 1.29 is 9.59 Å². The molecule has 0 heterocycles. The van der Waals surface area contributed by atoms with E-state index >= 15 is 0 Å². The van der Waals surface area contributed by atoms with E-state index in [0.29, 0.717) is 28.8 Å². The number of aryl methyl sites for hydroxylation is 1. The van der Waals surface area contributed by atoms with Crippen LogP contribution in [-0.4, -0.2) is 34.0 Å². The normalized spacial score (nSPS) is 12.3. The lowest BCUT2D eigenvalue weighted by molar-refractivity contribution is -0.140. The molecule has 2 aromatic carbocycles. The number of hydrogen-bond donors (Lipinski definition) is 1. The zero-order valence-electron chi connectivity index (χ0n) is 19.4. The van der Waals surface area contributed by atoms with Crippen LogP contribution in [0.4, 0.5) is 0 Å². The van der Waals surface area contributed by atoms with Gasteiger partial charge in [-0.25, -0.2) is 0 Å². The van der Waals surface area contributed by atoms with Crippen LogP contribution < -0.4 is 5.32 Å². The molecular weight excluding hydrogens is 463 g/mol. The van der Waals surface area contributed by atoms with E-state index in [1.54, 1.807) is 23.1 Å². The predicted molar refractivity (Wildman–Crippen MR) is 136 cm³/mol. The first-order chi connectivity index (χ1) is 15.0. The Morgan fingerprint density at radius 1 is 1.06 bits per heavy atom. The van der Waals surface area contributed by atoms with Crippen molar-refractivity contribution >= 4 is 46.8 Å². The van der Waals surface area contributed by atoms with Gasteiger partial charge in [0.15, 0.2) is 0 Å². The van der Waals surface area contributed by atoms with E-state index in [2.05, 4.69) is 5.32 Å². The van der Waals surface area contributed by atoms with Gasteiger partial charge in [0.1, 0.15) is 6.04 Å². The highest BCUT2D eigenvalue weighted by atomic mass is 35.5. The second-order valence-corrected chi connectivity index (χ2v) is 10.6. The van der Waals surface area contributed by atoms with Crippen LogP contribution in [0.15, 0.2) is 42.5 Å². The van der Waals surface area contributed by atoms with Gasteiger partial charge in [-0.05, 0) is 62.9 Å². The minimum absolute atomic E-state index is 0.0858. The van der Waals surface area contributed by atoms with Crippen LogP contribution in [0.25, 0.3) is 0 Å². The van der Waals surface area contributed by atoms with Gasteiger partial charge in [-0.2, -0.15) is 0 Å². The zero-order valence-corrected chi connectivity index (χ0v) is 21.7. The summed E-state index contributed by atoms with van der Waals surface area (Å²) in [5.74, 6) is 0.526. The number of thioether (sulfide) groups is 1. The quantitative estimate of drug-likeness (QED) is 0.447. The number of carbonyl (C=O) groups is 2. The number of amides is 2. The van der Waals surface area contributed by atoms with Gasteiger partial charge in [-0.3, -0.25) is 9.59 Å². The Balaban J connectivity index is 2.21. The van der Waals surface area contributed by atoms with Crippen molar-refractivity contribution in [3.05, 3.63) is 69.2 Å². The molecule has 0 aliphatic rings. The van der Waals surface area contributed by atoms with Gasteiger partial charge in [0, 0.05) is 27.9 Å². The Kier molecular flexibility index (Phi) is 9.93. The lowest BCUT2D eigenvalue weighted by atomic mass is 10.0. The van der Waals surface area contributed by atoms with Gasteiger partial charge >= 0.3 is 0 Å². The van der Waals surface area contributed by atoms with Crippen molar-refractivity contribution in [3.8, 4) is 0 Å². The highest BCUT2D eigenvalue weighted by Crippen LogP contribution is 2.28. The number of hydrogen-bond acceptors (Lipinski definition) is 3. The van der Waals surface area contributed by atoms with Crippen LogP contribution in [-0.2, 0) is 21.9 Å². The van der Waals surface area contributed by atoms with Gasteiger partial charge < -0.3 is 10.2 Å². The Hall–Kier alpha value is -1.69. The number of rotatable bonds is 9. The third-order valence-corrected chi connectivity index (χ3v) is 6.67. The van der Waals surface area contributed by atoms with Crippen LogP contribution >= 0.6 is 35.0 Å². The Labute approximate surface area is 206 Å². The molecule has 2 aromatic rings. The van der Waals surface area contributed by atoms with Crippen molar-refractivity contribution in [2.24, 2.45) is 0 Å². The largest absolute Gasteiger partial charge is 0.350 e. The first-order valence-electron chi connectivity index (χ1n) is 10.7. The van der Waals surface area contributed by atoms with Gasteiger partial charge in [0.25, 0.3) is 0 Å². The van der Waals surface area contributed by atoms with Crippen molar-refractivity contribution in [2.75, 3.05) is 5.75 Å². The smallest absolute Gasteiger partial charge is 0.243 e. The predicted octanol–water partition coefficient (Wildman–Crippen LogP) is 6.26. The van der Waals surface area contributed by atoms with Crippen LogP contribution in [0.2, 0.25) is 10.0 Å². The highest BCUT2D eigenvalue weighted by molar-refractivity contribution is 7.99. The number of carbonyl (C=O) groups excluding carboxylic acids is 2. The summed E-state index contributed by atoms with van der Waals surface area (Å²) in [5, 5.41) is 4.20. The van der Waals surface area contributed by atoms with Gasteiger partial charge in [-0.15, -0.1) is 11.8 Å². The Bertz CT molecular complexity index is 924. The molecule has 4 nitrogen and oxygen atoms in total. The zero-order chi connectivity index (χ0) is 23.9. The molecule has 2 rings (SSSR count). The molecule has 0 unspecified atom stereocenters. The third kappa shape index (κ3) is 7.72. The summed E-state index contributed by atoms with van der Waals surface area (Å²) in [6.07, 6.45) is 0.528. The summed E-state index contributed by atoms with van der Waals surface area (Å²) >= 11 is 14.0. The maximum Gasteiger partial charge on any atom is 0.243 e. The average molecular weight is 496 g/mol. The SMILES string of the molecule is CC[C@H](C(=O)NC(C)(C)C)N(Cc1ccccc1C)C(=O)CSCc1c(Cl)cccc1Cl. The molecule has 0 saturated carbocycles. The Morgan fingerprint density at radius 3 is 2.25 bits per heavy atom. The van der Waals surface area contributed by atoms with Gasteiger partial charge in [0.2, 0.25) is 11.8 Å². The number of halogens is 2. The second-order valence-electron chi connectivity index (χ2n) is 8.80. The minimum atomic E-state index is -0.550. The molecular formula is C25H32Cl2N2O2S. The van der Waals surface area contributed by atoms with Gasteiger partial charge in [-0.1, -0.05) is 60.5 Å². The summed E-state index contributed by atoms with van der Waals surface area (Å²) < 4.78 is 0. The molecule has 0 aliphatic carbocycles. The van der Waals surface area contributed by atoms with E-state index in [1.165, 1.54) is 11.8 Å². The summed E-state index contributed by atoms with van der Waals surface area (Å²) in [7, 11) is 0. The summed E-state index contributed by atoms with van der Waals surface area (Å²) in [6, 6.07) is 12.8. The summed E-state index contributed by atoms with van der Waals surface area (Å²) in [4.78, 5) is 28.1. The fraction of sp³-hybridized carbons (Fsp3) is 0.440. The maximum absolute atomic E-state index is 13.3. The molecule has 7 heteroatoms. The molecule has 1 N–H and O–H groups in total. The monoisotopic (exact) mass is 494 g/mol. The fourth-order valence-electron chi connectivity index (χ4n) is 3.34. The van der Waals surface area contributed by atoms with Crippen LogP contribution in [0.3, 0.4) is 0 Å². The molecule has 174 valence electrons. The van der Waals surface area contributed by atoms with Crippen molar-refractivity contribution in [1.82, 2.24) is 10.2 Å². The van der Waals surface area contributed by atoms with E-state index in [9.17, 15) is 9.59 Å². The highest BCUT2D eigenvalue weighted by Gasteiger charge is 2.30. The van der Waals surface area contributed by atoms with Crippen molar-refractivity contribution in [2.45, 2.75) is 64.9 Å². The average Bonchev–Trinajstić information content (AvgIpc) is 2.70. The molecule has 0 radical (unpaired) electrons. The molecule has 0 spiro atoms. The van der Waals surface area contributed by atoms with E-state index in [1.807, 2.05) is 58.9 Å². The van der Waals surface area contributed by atoms with Crippen LogP contribution in [0, 0.1) is 6.92 Å². The van der Waals surface area contributed by atoms with E-state index < -0.39 is 6.04 Å². The molecule has 1 atom stereocenters. The minimum Gasteiger partial charge on any atom is -0.350 e. The molecule has 0 aliphatic heterocycles. The topological polar surface area (TPSA) is 49.4 Å². The van der Waals surface area contributed by atoms with E-state index in [4.69, 9.17) is 23.2 Å². The Morgan fingerprint density at radius 2 is 1.69 bits per heavy atom. The molecule has 32 heavy (non-hydrogen) atoms. The van der Waals surface area contributed by atoms with Crippen molar-refractivity contribution in [1.29, 1.82) is 0 Å².